The second-order valence-corrected chi connectivity index (χ2v) is 5.90. The molecule has 2 aromatic carbocycles. The Bertz CT molecular complexity index is 764. The summed E-state index contributed by atoms with van der Waals surface area (Å²) in [5, 5.41) is 5.20. The summed E-state index contributed by atoms with van der Waals surface area (Å²) in [6.07, 6.45) is -6.57. The molecule has 2 rings (SSSR count). The molecule has 0 aliphatic heterocycles. The Kier molecular flexibility index (Phi) is 7.60. The van der Waals surface area contributed by atoms with Crippen molar-refractivity contribution in [1.82, 2.24) is 10.6 Å². The van der Waals surface area contributed by atoms with Crippen molar-refractivity contribution in [3.8, 4) is 5.75 Å². The summed E-state index contributed by atoms with van der Waals surface area (Å²) in [6.45, 7) is -0.298. The van der Waals surface area contributed by atoms with E-state index in [4.69, 9.17) is 4.74 Å². The summed E-state index contributed by atoms with van der Waals surface area (Å²) in [4.78, 5) is 11.8. The van der Waals surface area contributed by atoms with Gasteiger partial charge in [-0.15, -0.1) is 0 Å². The van der Waals surface area contributed by atoms with E-state index >= 15 is 0 Å². The topological polar surface area (TPSA) is 50.4 Å². The molecule has 0 aromatic heterocycles. The zero-order chi connectivity index (χ0) is 20.6. The molecule has 0 bridgehead atoms. The zero-order valence-corrected chi connectivity index (χ0v) is 14.7. The Morgan fingerprint density at radius 2 is 1.71 bits per heavy atom. The molecule has 0 radical (unpaired) electrons. The van der Waals surface area contributed by atoms with Crippen LogP contribution in [0.15, 0.2) is 48.5 Å². The monoisotopic (exact) mass is 402 g/mol. The van der Waals surface area contributed by atoms with Gasteiger partial charge in [-0.1, -0.05) is 24.3 Å². The van der Waals surface area contributed by atoms with Crippen LogP contribution in [0.5, 0.6) is 5.75 Å². The van der Waals surface area contributed by atoms with Gasteiger partial charge in [0.1, 0.15) is 12.4 Å². The van der Waals surface area contributed by atoms with Crippen LogP contribution in [0, 0.1) is 0 Å². The van der Waals surface area contributed by atoms with E-state index in [0.717, 1.165) is 12.1 Å². The lowest BCUT2D eigenvalue weighted by Gasteiger charge is -2.10. The van der Waals surface area contributed by atoms with E-state index in [0.29, 0.717) is 17.5 Å². The molecular formula is C19H19F5N2O2. The van der Waals surface area contributed by atoms with Gasteiger partial charge in [-0.25, -0.2) is 13.6 Å². The van der Waals surface area contributed by atoms with Crippen LogP contribution in [0.4, 0.5) is 26.7 Å². The van der Waals surface area contributed by atoms with E-state index in [1.807, 2.05) is 0 Å². The number of hydrogen-bond donors (Lipinski definition) is 2. The van der Waals surface area contributed by atoms with E-state index in [1.54, 1.807) is 18.2 Å². The van der Waals surface area contributed by atoms with Crippen LogP contribution < -0.4 is 15.4 Å². The van der Waals surface area contributed by atoms with Gasteiger partial charge in [0.15, 0.2) is 0 Å². The van der Waals surface area contributed by atoms with Gasteiger partial charge in [-0.3, -0.25) is 0 Å². The lowest BCUT2D eigenvalue weighted by Crippen LogP contribution is -2.36. The maximum Gasteiger partial charge on any atom is 0.416 e. The number of halogens is 5. The molecule has 2 aromatic rings. The smallest absolute Gasteiger partial charge is 0.416 e. The molecule has 0 fully saturated rings. The molecule has 0 unspecified atom stereocenters. The SMILES string of the molecule is O=C(NCCc1ccc(C(F)(F)F)cc1)NCc1cccc(OCC(F)F)c1. The van der Waals surface area contributed by atoms with Crippen LogP contribution in [0.25, 0.3) is 0 Å². The fraction of sp³-hybridized carbons (Fsp3) is 0.316. The van der Waals surface area contributed by atoms with Gasteiger partial charge in [0, 0.05) is 13.1 Å². The quantitative estimate of drug-likeness (QED) is 0.644. The van der Waals surface area contributed by atoms with Crippen LogP contribution >= 0.6 is 0 Å². The van der Waals surface area contributed by atoms with Gasteiger partial charge in [0.05, 0.1) is 5.56 Å². The fourth-order valence-corrected chi connectivity index (χ4v) is 2.33. The average Bonchev–Trinajstić information content (AvgIpc) is 2.65. The molecule has 0 saturated heterocycles. The molecule has 0 aliphatic carbocycles. The molecule has 152 valence electrons. The highest BCUT2D eigenvalue weighted by Gasteiger charge is 2.29. The van der Waals surface area contributed by atoms with E-state index in [9.17, 15) is 26.7 Å². The lowest BCUT2D eigenvalue weighted by atomic mass is 10.1. The van der Waals surface area contributed by atoms with Gasteiger partial charge in [0.25, 0.3) is 6.43 Å². The fourth-order valence-electron chi connectivity index (χ4n) is 2.33. The summed E-state index contributed by atoms with van der Waals surface area (Å²) in [5.74, 6) is 0.280. The first-order valence-corrected chi connectivity index (χ1v) is 8.42. The Hall–Kier alpha value is -2.84. The van der Waals surface area contributed by atoms with Crippen molar-refractivity contribution < 1.29 is 31.5 Å². The summed E-state index contributed by atoms with van der Waals surface area (Å²) in [5.41, 5.74) is 0.614. The number of amides is 2. The molecule has 2 amide bonds. The normalized spacial score (nSPS) is 11.4. The predicted octanol–water partition coefficient (Wildman–Crippen LogP) is 4.39. The van der Waals surface area contributed by atoms with Crippen LogP contribution in [0.3, 0.4) is 0 Å². The van der Waals surface area contributed by atoms with Crippen LogP contribution in [-0.2, 0) is 19.1 Å². The summed E-state index contributed by atoms with van der Waals surface area (Å²) in [6, 6.07) is 10.7. The second-order valence-electron chi connectivity index (χ2n) is 5.90. The van der Waals surface area contributed by atoms with E-state index in [2.05, 4.69) is 10.6 Å². The van der Waals surface area contributed by atoms with Crippen LogP contribution in [0.2, 0.25) is 0 Å². The summed E-state index contributed by atoms with van der Waals surface area (Å²) in [7, 11) is 0. The number of nitrogens with one attached hydrogen (secondary N) is 2. The number of hydrogen-bond acceptors (Lipinski definition) is 2. The Morgan fingerprint density at radius 1 is 1.00 bits per heavy atom. The van der Waals surface area contributed by atoms with Crippen molar-refractivity contribution >= 4 is 6.03 Å². The molecule has 4 nitrogen and oxygen atoms in total. The number of ether oxygens (including phenoxy) is 1. The lowest BCUT2D eigenvalue weighted by molar-refractivity contribution is -0.137. The largest absolute Gasteiger partial charge is 0.488 e. The third-order valence-electron chi connectivity index (χ3n) is 3.71. The number of carbonyl (C=O) groups excluding carboxylic acids is 1. The number of alkyl halides is 5. The molecule has 0 heterocycles. The number of carbonyl (C=O) groups is 1. The molecule has 0 spiro atoms. The third-order valence-corrected chi connectivity index (χ3v) is 3.71. The van der Waals surface area contributed by atoms with Gasteiger partial charge in [0.2, 0.25) is 0 Å². The van der Waals surface area contributed by atoms with E-state index in [1.165, 1.54) is 18.2 Å². The molecule has 28 heavy (non-hydrogen) atoms. The molecule has 2 N–H and O–H groups in total. The number of urea groups is 1. The first-order valence-electron chi connectivity index (χ1n) is 8.42. The Labute approximate surface area is 158 Å². The molecule has 9 heteroatoms. The minimum absolute atomic E-state index is 0.165. The third kappa shape index (κ3) is 7.42. The molecule has 0 saturated carbocycles. The van der Waals surface area contributed by atoms with E-state index in [-0.39, 0.29) is 18.8 Å². The minimum Gasteiger partial charge on any atom is -0.488 e. The van der Waals surface area contributed by atoms with Crippen molar-refractivity contribution in [3.05, 3.63) is 65.2 Å². The first kappa shape index (κ1) is 21.5. The van der Waals surface area contributed by atoms with Crippen LogP contribution in [-0.4, -0.2) is 25.6 Å². The highest BCUT2D eigenvalue weighted by molar-refractivity contribution is 5.73. The Morgan fingerprint density at radius 3 is 2.36 bits per heavy atom. The first-order chi connectivity index (χ1) is 13.2. The van der Waals surface area contributed by atoms with Crippen molar-refractivity contribution in [2.24, 2.45) is 0 Å². The predicted molar refractivity (Wildman–Crippen MR) is 93.3 cm³/mol. The van der Waals surface area contributed by atoms with Gasteiger partial charge in [-0.05, 0) is 41.8 Å². The molecule has 0 atom stereocenters. The van der Waals surface area contributed by atoms with E-state index < -0.39 is 30.8 Å². The van der Waals surface area contributed by atoms with Crippen molar-refractivity contribution in [1.29, 1.82) is 0 Å². The number of rotatable bonds is 8. The van der Waals surface area contributed by atoms with Crippen LogP contribution in [0.1, 0.15) is 16.7 Å². The summed E-state index contributed by atoms with van der Waals surface area (Å²) >= 11 is 0. The molecular weight excluding hydrogens is 383 g/mol. The van der Waals surface area contributed by atoms with Crippen molar-refractivity contribution in [2.45, 2.75) is 25.6 Å². The minimum atomic E-state index is -4.38. The van der Waals surface area contributed by atoms with Gasteiger partial charge < -0.3 is 15.4 Å². The zero-order valence-electron chi connectivity index (χ0n) is 14.7. The summed E-state index contributed by atoms with van der Waals surface area (Å²) < 4.78 is 66.7. The maximum atomic E-state index is 12.5. The van der Waals surface area contributed by atoms with Crippen molar-refractivity contribution in [3.63, 3.8) is 0 Å². The Balaban J connectivity index is 1.72. The van der Waals surface area contributed by atoms with Gasteiger partial charge in [-0.2, -0.15) is 13.2 Å². The number of benzene rings is 2. The highest BCUT2D eigenvalue weighted by atomic mass is 19.4. The second kappa shape index (κ2) is 9.91. The molecule has 0 aliphatic rings. The standard InChI is InChI=1S/C19H19F5N2O2/c20-17(21)12-28-16-3-1-2-14(10-16)11-26-18(27)25-9-8-13-4-6-15(7-5-13)19(22,23)24/h1-7,10,17H,8-9,11-12H2,(H2,25,26,27). The van der Waals surface area contributed by atoms with Gasteiger partial charge >= 0.3 is 12.2 Å². The average molecular weight is 402 g/mol. The van der Waals surface area contributed by atoms with Crippen molar-refractivity contribution in [2.75, 3.05) is 13.2 Å². The highest BCUT2D eigenvalue weighted by Crippen LogP contribution is 2.29. The maximum absolute atomic E-state index is 12.5.